The summed E-state index contributed by atoms with van der Waals surface area (Å²) >= 11 is 0. The van der Waals surface area contributed by atoms with Crippen molar-refractivity contribution in [1.82, 2.24) is 0 Å². The Hall–Kier alpha value is -2.88. The van der Waals surface area contributed by atoms with Crippen LogP contribution in [0.1, 0.15) is 94.6 Å². The molecule has 0 saturated heterocycles. The largest absolute Gasteiger partial charge is 0.203 e. The molecule has 3 aromatic carbocycles. The molecule has 0 bridgehead atoms. The van der Waals surface area contributed by atoms with E-state index in [2.05, 4.69) is 6.58 Å². The summed E-state index contributed by atoms with van der Waals surface area (Å²) in [4.78, 5) is 0. The SMILES string of the molecule is C=CCCC1CCC(C2CCC(c3ccc(-c4ccc(-c5ccc(CCC)c(F)c5F)cc4)c(F)c3F)CC2)CC1. The van der Waals surface area contributed by atoms with Crippen molar-refractivity contribution < 1.29 is 17.6 Å². The molecule has 4 heteroatoms. The molecule has 0 spiro atoms. The average Bonchev–Trinajstić information content (AvgIpc) is 3.00. The lowest BCUT2D eigenvalue weighted by Crippen LogP contribution is -2.25. The van der Waals surface area contributed by atoms with E-state index in [1.165, 1.54) is 32.1 Å². The van der Waals surface area contributed by atoms with Gasteiger partial charge in [0.1, 0.15) is 0 Å². The molecule has 2 aliphatic rings. The zero-order chi connectivity index (χ0) is 28.9. The molecule has 2 fully saturated rings. The number of hydrogen-bond donors (Lipinski definition) is 0. The maximum Gasteiger partial charge on any atom is 0.166 e. The van der Waals surface area contributed by atoms with Crippen LogP contribution in [-0.4, -0.2) is 0 Å². The van der Waals surface area contributed by atoms with Gasteiger partial charge in [-0.15, -0.1) is 6.58 Å². The van der Waals surface area contributed by atoms with E-state index in [4.69, 9.17) is 0 Å². The van der Waals surface area contributed by atoms with Crippen LogP contribution in [0.15, 0.2) is 61.2 Å². The maximum absolute atomic E-state index is 15.4. The van der Waals surface area contributed by atoms with Crippen LogP contribution in [0.25, 0.3) is 22.3 Å². The fourth-order valence-corrected chi connectivity index (χ4v) is 7.41. The van der Waals surface area contributed by atoms with Crippen molar-refractivity contribution in [2.75, 3.05) is 0 Å². The molecule has 0 N–H and O–H groups in total. The lowest BCUT2D eigenvalue weighted by atomic mass is 9.68. The lowest BCUT2D eigenvalue weighted by molar-refractivity contribution is 0.156. The van der Waals surface area contributed by atoms with E-state index in [-0.39, 0.29) is 17.0 Å². The highest BCUT2D eigenvalue weighted by Gasteiger charge is 2.32. The molecule has 0 unspecified atom stereocenters. The number of rotatable bonds is 9. The summed E-state index contributed by atoms with van der Waals surface area (Å²) in [5.41, 5.74) is 2.19. The van der Waals surface area contributed by atoms with Crippen molar-refractivity contribution in [3.05, 3.63) is 95.6 Å². The van der Waals surface area contributed by atoms with Crippen LogP contribution >= 0.6 is 0 Å². The molecule has 0 radical (unpaired) electrons. The second-order valence-electron chi connectivity index (χ2n) is 12.3. The van der Waals surface area contributed by atoms with Crippen LogP contribution in [-0.2, 0) is 6.42 Å². The van der Waals surface area contributed by atoms with Gasteiger partial charge in [-0.3, -0.25) is 0 Å². The fraction of sp³-hybridized carbons (Fsp3) is 0.459. The van der Waals surface area contributed by atoms with Gasteiger partial charge in [-0.2, -0.15) is 0 Å². The average molecular weight is 563 g/mol. The van der Waals surface area contributed by atoms with Crippen molar-refractivity contribution in [3.8, 4) is 22.3 Å². The van der Waals surface area contributed by atoms with E-state index >= 15 is 8.78 Å². The summed E-state index contributed by atoms with van der Waals surface area (Å²) in [5, 5.41) is 0. The molecular weight excluding hydrogens is 520 g/mol. The van der Waals surface area contributed by atoms with Crippen LogP contribution in [0.5, 0.6) is 0 Å². The van der Waals surface area contributed by atoms with E-state index in [0.717, 1.165) is 50.4 Å². The summed E-state index contributed by atoms with van der Waals surface area (Å²) in [6.07, 6.45) is 14.8. The minimum absolute atomic E-state index is 0.0506. The predicted molar refractivity (Wildman–Crippen MR) is 161 cm³/mol. The van der Waals surface area contributed by atoms with Crippen molar-refractivity contribution in [2.45, 2.75) is 89.9 Å². The molecular formula is C37H42F4. The van der Waals surface area contributed by atoms with Gasteiger partial charge in [0.2, 0.25) is 0 Å². The normalized spacial score (nSPS) is 23.0. The number of benzene rings is 3. The molecule has 0 atom stereocenters. The topological polar surface area (TPSA) is 0 Å². The van der Waals surface area contributed by atoms with Crippen LogP contribution in [0.3, 0.4) is 0 Å². The highest BCUT2D eigenvalue weighted by Crippen LogP contribution is 2.45. The van der Waals surface area contributed by atoms with Crippen molar-refractivity contribution >= 4 is 0 Å². The van der Waals surface area contributed by atoms with E-state index in [1.807, 2.05) is 13.0 Å². The minimum atomic E-state index is -0.879. The standard InChI is InChI=1S/C37H42F4/c1-3-5-7-24-8-10-25(11-9-24)26-12-14-27(15-13-26)32-22-23-33(37(41)36(32)40)29-18-16-28(17-19-29)31-21-20-30(6-4-2)34(38)35(31)39/h3,16-27H,1,4-15H2,2H3. The Morgan fingerprint density at radius 3 is 1.76 bits per heavy atom. The van der Waals surface area contributed by atoms with Gasteiger partial charge in [-0.05, 0) is 104 Å². The predicted octanol–water partition coefficient (Wildman–Crippen LogP) is 11.6. The molecule has 3 aromatic rings. The van der Waals surface area contributed by atoms with Crippen molar-refractivity contribution in [1.29, 1.82) is 0 Å². The first-order valence-corrected chi connectivity index (χ1v) is 15.6. The quantitative estimate of drug-likeness (QED) is 0.180. The minimum Gasteiger partial charge on any atom is -0.203 e. The Kier molecular flexibility index (Phi) is 9.68. The number of halogens is 4. The number of aryl methyl sites for hydroxylation is 1. The van der Waals surface area contributed by atoms with Gasteiger partial charge in [0, 0.05) is 11.1 Å². The lowest BCUT2D eigenvalue weighted by Gasteiger charge is -2.38. The summed E-state index contributed by atoms with van der Waals surface area (Å²) < 4.78 is 60.0. The van der Waals surface area contributed by atoms with Crippen LogP contribution in [0.2, 0.25) is 0 Å². The maximum atomic E-state index is 15.4. The Morgan fingerprint density at radius 2 is 1.20 bits per heavy atom. The highest BCUT2D eigenvalue weighted by atomic mass is 19.2. The van der Waals surface area contributed by atoms with E-state index < -0.39 is 23.3 Å². The van der Waals surface area contributed by atoms with Gasteiger partial charge in [-0.1, -0.05) is 80.8 Å². The molecule has 0 aliphatic heterocycles. The van der Waals surface area contributed by atoms with Crippen molar-refractivity contribution in [3.63, 3.8) is 0 Å². The second-order valence-corrected chi connectivity index (χ2v) is 12.3. The molecule has 218 valence electrons. The molecule has 2 aliphatic carbocycles. The van der Waals surface area contributed by atoms with Crippen LogP contribution in [0.4, 0.5) is 17.6 Å². The highest BCUT2D eigenvalue weighted by molar-refractivity contribution is 5.71. The van der Waals surface area contributed by atoms with Gasteiger partial charge in [0.15, 0.2) is 23.3 Å². The Labute approximate surface area is 242 Å². The molecule has 41 heavy (non-hydrogen) atoms. The third kappa shape index (κ3) is 6.47. The van der Waals surface area contributed by atoms with Gasteiger partial charge in [0.05, 0.1) is 0 Å². The summed E-state index contributed by atoms with van der Waals surface area (Å²) in [6, 6.07) is 13.2. The summed E-state index contributed by atoms with van der Waals surface area (Å²) in [5.74, 6) is -0.911. The van der Waals surface area contributed by atoms with Gasteiger partial charge < -0.3 is 0 Å². The van der Waals surface area contributed by atoms with Crippen LogP contribution < -0.4 is 0 Å². The Bertz CT molecular complexity index is 1330. The number of hydrogen-bond acceptors (Lipinski definition) is 0. The Balaban J connectivity index is 1.23. The Morgan fingerprint density at radius 1 is 0.659 bits per heavy atom. The first-order valence-electron chi connectivity index (χ1n) is 15.6. The third-order valence-corrected chi connectivity index (χ3v) is 9.85. The smallest absolute Gasteiger partial charge is 0.166 e. The van der Waals surface area contributed by atoms with Crippen LogP contribution in [0, 0.1) is 41.0 Å². The van der Waals surface area contributed by atoms with Gasteiger partial charge >= 0.3 is 0 Å². The zero-order valence-corrected chi connectivity index (χ0v) is 24.2. The second kappa shape index (κ2) is 13.4. The molecule has 0 amide bonds. The van der Waals surface area contributed by atoms with E-state index in [0.29, 0.717) is 34.6 Å². The first kappa shape index (κ1) is 29.6. The molecule has 2 saturated carbocycles. The van der Waals surface area contributed by atoms with Gasteiger partial charge in [-0.25, -0.2) is 17.6 Å². The zero-order valence-electron chi connectivity index (χ0n) is 24.2. The molecule has 0 heterocycles. The monoisotopic (exact) mass is 562 g/mol. The summed E-state index contributed by atoms with van der Waals surface area (Å²) in [6.45, 7) is 5.77. The molecule has 0 aromatic heterocycles. The first-order chi connectivity index (χ1) is 19.9. The van der Waals surface area contributed by atoms with E-state index in [9.17, 15) is 8.78 Å². The summed E-state index contributed by atoms with van der Waals surface area (Å²) in [7, 11) is 0. The number of allylic oxidation sites excluding steroid dienone is 1. The third-order valence-electron chi connectivity index (χ3n) is 9.85. The molecule has 0 nitrogen and oxygen atoms in total. The fourth-order valence-electron chi connectivity index (χ4n) is 7.41. The van der Waals surface area contributed by atoms with Crippen molar-refractivity contribution in [2.24, 2.45) is 17.8 Å². The molecule has 5 rings (SSSR count). The van der Waals surface area contributed by atoms with Gasteiger partial charge in [0.25, 0.3) is 0 Å². The van der Waals surface area contributed by atoms with E-state index in [1.54, 1.807) is 48.5 Å².